The van der Waals surface area contributed by atoms with Gasteiger partial charge in [-0.3, -0.25) is 14.5 Å². The number of aryl methyl sites for hydroxylation is 2. The number of Topliss-reactive ketones (excluding diaryl/α,β-unsaturated/α-hetero) is 1. The maximum atomic E-state index is 13.7. The number of halogens is 1. The van der Waals surface area contributed by atoms with Gasteiger partial charge < -0.3 is 14.6 Å². The van der Waals surface area contributed by atoms with Gasteiger partial charge in [0.1, 0.15) is 23.1 Å². The highest BCUT2D eigenvalue weighted by atomic mass is 19.1. The van der Waals surface area contributed by atoms with E-state index in [1.807, 2.05) is 19.9 Å². The molecule has 1 amide bonds. The summed E-state index contributed by atoms with van der Waals surface area (Å²) in [7, 11) is 2.97. The lowest BCUT2D eigenvalue weighted by molar-refractivity contribution is -0.132. The number of hydrogen-bond acceptors (Lipinski definition) is 5. The second-order valence-corrected chi connectivity index (χ2v) is 8.08. The van der Waals surface area contributed by atoms with Crippen molar-refractivity contribution in [2.75, 3.05) is 19.1 Å². The van der Waals surface area contributed by atoms with Crippen LogP contribution in [0.2, 0.25) is 0 Å². The molecule has 6 nitrogen and oxygen atoms in total. The molecule has 7 heteroatoms. The molecule has 1 atom stereocenters. The highest BCUT2D eigenvalue weighted by Gasteiger charge is 2.47. The van der Waals surface area contributed by atoms with Crippen molar-refractivity contribution in [3.05, 3.63) is 94.3 Å². The van der Waals surface area contributed by atoms with Gasteiger partial charge in [-0.05, 0) is 60.9 Å². The zero-order valence-electron chi connectivity index (χ0n) is 19.3. The molecule has 0 aliphatic carbocycles. The first-order valence-corrected chi connectivity index (χ1v) is 10.6. The number of hydrogen-bond donors (Lipinski definition) is 1. The van der Waals surface area contributed by atoms with Crippen LogP contribution in [0.4, 0.5) is 10.1 Å². The van der Waals surface area contributed by atoms with Gasteiger partial charge in [-0.2, -0.15) is 0 Å². The zero-order chi connectivity index (χ0) is 24.6. The molecule has 174 valence electrons. The van der Waals surface area contributed by atoms with Crippen LogP contribution in [0, 0.1) is 19.7 Å². The van der Waals surface area contributed by atoms with Crippen molar-refractivity contribution in [3.8, 4) is 11.5 Å². The number of ketones is 1. The van der Waals surface area contributed by atoms with Crippen LogP contribution in [0.15, 0.2) is 66.2 Å². The summed E-state index contributed by atoms with van der Waals surface area (Å²) in [5.74, 6) is -1.59. The van der Waals surface area contributed by atoms with Crippen LogP contribution in [-0.4, -0.2) is 31.0 Å². The number of aliphatic hydroxyl groups excluding tert-OH is 1. The molecule has 1 saturated heterocycles. The molecule has 34 heavy (non-hydrogen) atoms. The summed E-state index contributed by atoms with van der Waals surface area (Å²) >= 11 is 0. The molecular formula is C27H24FNO5. The molecule has 0 spiro atoms. The van der Waals surface area contributed by atoms with E-state index in [2.05, 4.69) is 0 Å². The van der Waals surface area contributed by atoms with Crippen molar-refractivity contribution >= 4 is 23.1 Å². The topological polar surface area (TPSA) is 76.1 Å². The standard InChI is InChI=1S/C27H24FNO5/c1-15-12-16(2)26(34-4)21(13-15)24(30)22-23(17-8-10-18(28)11-9-17)29(27(32)25(22)31)19-6-5-7-20(14-19)33-3/h5-14,23,30H,1-4H3/b24-22+. The first kappa shape index (κ1) is 23.0. The smallest absolute Gasteiger partial charge is 0.300 e. The van der Waals surface area contributed by atoms with Gasteiger partial charge in [-0.1, -0.05) is 24.3 Å². The van der Waals surface area contributed by atoms with Crippen molar-refractivity contribution in [2.45, 2.75) is 19.9 Å². The Morgan fingerprint density at radius 2 is 1.68 bits per heavy atom. The maximum absolute atomic E-state index is 13.7. The normalized spacial score (nSPS) is 17.2. The van der Waals surface area contributed by atoms with Gasteiger partial charge in [-0.25, -0.2) is 4.39 Å². The molecule has 1 aliphatic heterocycles. The fourth-order valence-electron chi connectivity index (χ4n) is 4.37. The summed E-state index contributed by atoms with van der Waals surface area (Å²) in [4.78, 5) is 27.9. The van der Waals surface area contributed by atoms with E-state index in [4.69, 9.17) is 9.47 Å². The third-order valence-corrected chi connectivity index (χ3v) is 5.84. The lowest BCUT2D eigenvalue weighted by atomic mass is 9.93. The van der Waals surface area contributed by atoms with Gasteiger partial charge in [0, 0.05) is 11.8 Å². The van der Waals surface area contributed by atoms with Gasteiger partial charge in [0.2, 0.25) is 0 Å². The predicted octanol–water partition coefficient (Wildman–Crippen LogP) is 5.09. The van der Waals surface area contributed by atoms with Crippen LogP contribution in [0.5, 0.6) is 11.5 Å². The molecule has 1 N–H and O–H groups in total. The molecule has 0 bridgehead atoms. The Bertz CT molecular complexity index is 1310. The third kappa shape index (κ3) is 3.90. The monoisotopic (exact) mass is 461 g/mol. The largest absolute Gasteiger partial charge is 0.507 e. The number of nitrogens with zero attached hydrogens (tertiary/aromatic N) is 1. The van der Waals surface area contributed by atoms with Gasteiger partial charge in [0.05, 0.1) is 31.4 Å². The first-order chi connectivity index (χ1) is 16.3. The summed E-state index contributed by atoms with van der Waals surface area (Å²) in [6, 6.07) is 14.8. The molecule has 3 aromatic carbocycles. The summed E-state index contributed by atoms with van der Waals surface area (Å²) in [6.45, 7) is 3.68. The highest BCUT2D eigenvalue weighted by Crippen LogP contribution is 2.44. The second-order valence-electron chi connectivity index (χ2n) is 8.08. The minimum absolute atomic E-state index is 0.109. The van der Waals surface area contributed by atoms with E-state index in [1.54, 1.807) is 30.3 Å². The van der Waals surface area contributed by atoms with Crippen molar-refractivity contribution < 1.29 is 28.6 Å². The molecule has 4 rings (SSSR count). The molecule has 1 heterocycles. The number of benzene rings is 3. The SMILES string of the molecule is COc1cccc(N2C(=O)C(=O)/C(=C(/O)c3cc(C)cc(C)c3OC)C2c2ccc(F)cc2)c1. The Labute approximate surface area is 196 Å². The molecule has 0 radical (unpaired) electrons. The second kappa shape index (κ2) is 9.02. The quantitative estimate of drug-likeness (QED) is 0.326. The first-order valence-electron chi connectivity index (χ1n) is 10.6. The zero-order valence-corrected chi connectivity index (χ0v) is 19.3. The average Bonchev–Trinajstić information content (AvgIpc) is 3.09. The number of carbonyl (C=O) groups excluding carboxylic acids is 2. The lowest BCUT2D eigenvalue weighted by Gasteiger charge is -2.26. The number of ether oxygens (including phenoxy) is 2. The third-order valence-electron chi connectivity index (χ3n) is 5.84. The van der Waals surface area contributed by atoms with Crippen LogP contribution in [0.3, 0.4) is 0 Å². The van der Waals surface area contributed by atoms with Crippen molar-refractivity contribution in [2.24, 2.45) is 0 Å². The average molecular weight is 461 g/mol. The Hall–Kier alpha value is -4.13. The lowest BCUT2D eigenvalue weighted by Crippen LogP contribution is -2.29. The van der Waals surface area contributed by atoms with E-state index in [0.717, 1.165) is 11.1 Å². The van der Waals surface area contributed by atoms with Gasteiger partial charge >= 0.3 is 0 Å². The summed E-state index contributed by atoms with van der Waals surface area (Å²) in [5, 5.41) is 11.4. The molecule has 1 unspecified atom stereocenters. The van der Waals surface area contributed by atoms with Crippen molar-refractivity contribution in [1.82, 2.24) is 0 Å². The van der Waals surface area contributed by atoms with E-state index < -0.39 is 23.5 Å². The Morgan fingerprint density at radius 1 is 0.971 bits per heavy atom. The van der Waals surface area contributed by atoms with Gasteiger partial charge in [-0.15, -0.1) is 0 Å². The number of amides is 1. The molecule has 3 aromatic rings. The maximum Gasteiger partial charge on any atom is 0.300 e. The predicted molar refractivity (Wildman–Crippen MR) is 127 cm³/mol. The molecule has 1 fully saturated rings. The van der Waals surface area contributed by atoms with Crippen LogP contribution in [0.1, 0.15) is 28.3 Å². The molecule has 0 saturated carbocycles. The minimum Gasteiger partial charge on any atom is -0.507 e. The van der Waals surface area contributed by atoms with Gasteiger partial charge in [0.25, 0.3) is 11.7 Å². The highest BCUT2D eigenvalue weighted by molar-refractivity contribution is 6.51. The van der Waals surface area contributed by atoms with Crippen molar-refractivity contribution in [3.63, 3.8) is 0 Å². The Balaban J connectivity index is 2.00. The van der Waals surface area contributed by atoms with Gasteiger partial charge in [0.15, 0.2) is 0 Å². The van der Waals surface area contributed by atoms with E-state index in [-0.39, 0.29) is 11.3 Å². The number of rotatable bonds is 5. The number of methoxy groups -OCH3 is 2. The molecule has 0 aromatic heterocycles. The number of aliphatic hydroxyl groups is 1. The van der Waals surface area contributed by atoms with E-state index in [9.17, 15) is 19.1 Å². The number of carbonyl (C=O) groups is 2. The molecule has 1 aliphatic rings. The van der Waals surface area contributed by atoms with E-state index >= 15 is 0 Å². The Kier molecular flexibility index (Phi) is 6.11. The van der Waals surface area contributed by atoms with E-state index in [0.29, 0.717) is 28.3 Å². The van der Waals surface area contributed by atoms with E-state index in [1.165, 1.54) is 43.4 Å². The van der Waals surface area contributed by atoms with Crippen molar-refractivity contribution in [1.29, 1.82) is 0 Å². The van der Waals surface area contributed by atoms with Crippen LogP contribution in [-0.2, 0) is 9.59 Å². The Morgan fingerprint density at radius 3 is 2.32 bits per heavy atom. The summed E-state index contributed by atoms with van der Waals surface area (Å²) < 4.78 is 24.5. The summed E-state index contributed by atoms with van der Waals surface area (Å²) in [6.07, 6.45) is 0. The summed E-state index contributed by atoms with van der Waals surface area (Å²) in [5.41, 5.74) is 2.68. The van der Waals surface area contributed by atoms with Crippen LogP contribution >= 0.6 is 0 Å². The van der Waals surface area contributed by atoms with Crippen LogP contribution in [0.25, 0.3) is 5.76 Å². The molecular weight excluding hydrogens is 437 g/mol. The fourth-order valence-corrected chi connectivity index (χ4v) is 4.37. The number of anilines is 1. The minimum atomic E-state index is -0.988. The fraction of sp³-hybridized carbons (Fsp3) is 0.185. The van der Waals surface area contributed by atoms with Crippen LogP contribution < -0.4 is 14.4 Å².